The van der Waals surface area contributed by atoms with Gasteiger partial charge in [-0.3, -0.25) is 14.3 Å². The molecule has 7 heteroatoms. The van der Waals surface area contributed by atoms with E-state index in [9.17, 15) is 14.7 Å². The van der Waals surface area contributed by atoms with Crippen LogP contribution in [-0.2, 0) is 16.1 Å². The van der Waals surface area contributed by atoms with Gasteiger partial charge in [0.2, 0.25) is 11.8 Å². The van der Waals surface area contributed by atoms with Crippen molar-refractivity contribution >= 4 is 17.9 Å². The van der Waals surface area contributed by atoms with Gasteiger partial charge in [-0.05, 0) is 37.5 Å². The van der Waals surface area contributed by atoms with Crippen LogP contribution in [0.4, 0.5) is 0 Å². The normalized spacial score (nSPS) is 21.7. The summed E-state index contributed by atoms with van der Waals surface area (Å²) in [5.74, 6) is -0.680. The molecule has 1 aromatic heterocycles. The number of aromatic nitrogens is 2. The molecule has 1 heterocycles. The van der Waals surface area contributed by atoms with Crippen molar-refractivity contribution in [2.24, 2.45) is 5.92 Å². The fourth-order valence-electron chi connectivity index (χ4n) is 3.38. The average Bonchev–Trinajstić information content (AvgIpc) is 3.26. The van der Waals surface area contributed by atoms with Crippen molar-refractivity contribution in [3.8, 4) is 0 Å². The lowest BCUT2D eigenvalue weighted by Crippen LogP contribution is -2.39. The molecule has 0 radical (unpaired) electrons. The van der Waals surface area contributed by atoms with E-state index in [1.807, 2.05) is 49.5 Å². The Kier molecular flexibility index (Phi) is 6.60. The lowest BCUT2D eigenvalue weighted by molar-refractivity contribution is -0.125. The van der Waals surface area contributed by atoms with Crippen molar-refractivity contribution in [1.29, 1.82) is 0 Å². The number of amides is 2. The van der Waals surface area contributed by atoms with Crippen LogP contribution in [0.15, 0.2) is 48.7 Å². The third-order valence-corrected chi connectivity index (χ3v) is 4.87. The van der Waals surface area contributed by atoms with Crippen LogP contribution in [0.2, 0.25) is 0 Å². The number of carbonyl (C=O) groups excluding carboxylic acids is 2. The van der Waals surface area contributed by atoms with Crippen molar-refractivity contribution in [2.45, 2.75) is 38.5 Å². The molecule has 2 aromatic rings. The first-order valence-corrected chi connectivity index (χ1v) is 9.51. The lowest BCUT2D eigenvalue weighted by Gasteiger charge is -2.15. The van der Waals surface area contributed by atoms with Gasteiger partial charge in [0.1, 0.15) is 0 Å². The molecule has 0 aliphatic heterocycles. The number of carbonyl (C=O) groups is 2. The molecule has 3 atom stereocenters. The molecule has 0 bridgehead atoms. The Bertz CT molecular complexity index is 831. The molecule has 1 aromatic carbocycles. The number of nitrogens with one attached hydrogen (secondary N) is 2. The maximum atomic E-state index is 12.3. The highest BCUT2D eigenvalue weighted by Gasteiger charge is 2.37. The maximum absolute atomic E-state index is 12.3. The summed E-state index contributed by atoms with van der Waals surface area (Å²) in [5, 5.41) is 20.2. The van der Waals surface area contributed by atoms with Crippen molar-refractivity contribution in [3.63, 3.8) is 0 Å². The lowest BCUT2D eigenvalue weighted by atomic mass is 10.1. The van der Waals surface area contributed by atoms with Crippen LogP contribution < -0.4 is 10.6 Å². The minimum Gasteiger partial charge on any atom is -0.391 e. The maximum Gasteiger partial charge on any atom is 0.244 e. The topological polar surface area (TPSA) is 96.3 Å². The first-order chi connectivity index (χ1) is 13.5. The molecule has 1 aliphatic carbocycles. The van der Waals surface area contributed by atoms with E-state index >= 15 is 0 Å². The third kappa shape index (κ3) is 5.53. The van der Waals surface area contributed by atoms with E-state index in [0.29, 0.717) is 25.9 Å². The smallest absolute Gasteiger partial charge is 0.244 e. The summed E-state index contributed by atoms with van der Waals surface area (Å²) < 4.78 is 1.78. The predicted octanol–water partition coefficient (Wildman–Crippen LogP) is 1.28. The molecule has 0 spiro atoms. The second-order valence-electron chi connectivity index (χ2n) is 7.11. The zero-order valence-corrected chi connectivity index (χ0v) is 15.9. The number of benzene rings is 1. The van der Waals surface area contributed by atoms with Crippen LogP contribution in [0, 0.1) is 12.8 Å². The van der Waals surface area contributed by atoms with Crippen molar-refractivity contribution < 1.29 is 14.7 Å². The van der Waals surface area contributed by atoms with Gasteiger partial charge in [-0.15, -0.1) is 0 Å². The van der Waals surface area contributed by atoms with Gasteiger partial charge < -0.3 is 15.7 Å². The summed E-state index contributed by atoms with van der Waals surface area (Å²) in [4.78, 5) is 24.5. The number of aryl methyl sites for hydroxylation is 1. The van der Waals surface area contributed by atoms with Crippen molar-refractivity contribution in [2.75, 3.05) is 6.54 Å². The molecule has 1 fully saturated rings. The number of aliphatic hydroxyl groups excluding tert-OH is 1. The zero-order valence-electron chi connectivity index (χ0n) is 15.9. The molecule has 0 unspecified atom stereocenters. The fourth-order valence-corrected chi connectivity index (χ4v) is 3.38. The summed E-state index contributed by atoms with van der Waals surface area (Å²) in [6.45, 7) is 2.99. The van der Waals surface area contributed by atoms with E-state index in [1.165, 1.54) is 6.08 Å². The Balaban J connectivity index is 1.43. The largest absolute Gasteiger partial charge is 0.391 e. The zero-order chi connectivity index (χ0) is 19.9. The second kappa shape index (κ2) is 9.32. The van der Waals surface area contributed by atoms with Gasteiger partial charge in [-0.1, -0.05) is 30.3 Å². The highest BCUT2D eigenvalue weighted by molar-refractivity contribution is 5.92. The molecule has 3 rings (SSSR count). The van der Waals surface area contributed by atoms with Gasteiger partial charge in [0.05, 0.1) is 24.4 Å². The van der Waals surface area contributed by atoms with Crippen LogP contribution in [0.3, 0.4) is 0 Å². The van der Waals surface area contributed by atoms with E-state index in [4.69, 9.17) is 0 Å². The van der Waals surface area contributed by atoms with Gasteiger partial charge in [-0.25, -0.2) is 0 Å². The Hall–Kier alpha value is -2.93. The number of nitrogens with zero attached hydrogens (tertiary/aromatic N) is 2. The first-order valence-electron chi connectivity index (χ1n) is 9.51. The molecular formula is C21H26N4O3. The molecule has 148 valence electrons. The summed E-state index contributed by atoms with van der Waals surface area (Å²) in [6, 6.07) is 11.0. The van der Waals surface area contributed by atoms with Crippen LogP contribution in [-0.4, -0.2) is 45.4 Å². The minimum absolute atomic E-state index is 0.0977. The fraction of sp³-hybridized carbons (Fsp3) is 0.381. The second-order valence-corrected chi connectivity index (χ2v) is 7.11. The van der Waals surface area contributed by atoms with Gasteiger partial charge >= 0.3 is 0 Å². The molecule has 0 saturated heterocycles. The van der Waals surface area contributed by atoms with E-state index < -0.39 is 12.1 Å². The third-order valence-electron chi connectivity index (χ3n) is 4.87. The number of hydrogen-bond acceptors (Lipinski definition) is 4. The minimum atomic E-state index is -0.724. The Labute approximate surface area is 164 Å². The summed E-state index contributed by atoms with van der Waals surface area (Å²) in [5.41, 5.74) is 1.86. The van der Waals surface area contributed by atoms with Crippen LogP contribution in [0.5, 0.6) is 0 Å². The standard InChI is InChI=1S/C21H26N4O3/c1-15-9-11-25(24-15)12-10-22-21(28)17-13-18(19(26)14-17)23-20(27)8-7-16-5-3-2-4-6-16/h2-9,11,17-19,26H,10,12-14H2,1H3,(H,22,28)(H,23,27)/b8-7+/t17-,18+,19+/m0/s1. The van der Waals surface area contributed by atoms with Gasteiger partial charge in [0.25, 0.3) is 0 Å². The Morgan fingerprint density at radius 1 is 1.25 bits per heavy atom. The number of rotatable bonds is 7. The first kappa shape index (κ1) is 19.8. The van der Waals surface area contributed by atoms with Gasteiger partial charge in [0, 0.05) is 24.7 Å². The molecular weight excluding hydrogens is 356 g/mol. The van der Waals surface area contributed by atoms with E-state index in [1.54, 1.807) is 10.8 Å². The van der Waals surface area contributed by atoms with E-state index in [2.05, 4.69) is 15.7 Å². The molecule has 2 amide bonds. The Morgan fingerprint density at radius 3 is 2.75 bits per heavy atom. The van der Waals surface area contributed by atoms with Crippen molar-refractivity contribution in [3.05, 3.63) is 59.9 Å². The summed E-state index contributed by atoms with van der Waals surface area (Å²) >= 11 is 0. The monoisotopic (exact) mass is 382 g/mol. The quantitative estimate of drug-likeness (QED) is 0.629. The van der Waals surface area contributed by atoms with Gasteiger partial charge in [-0.2, -0.15) is 5.10 Å². The van der Waals surface area contributed by atoms with Crippen molar-refractivity contribution in [1.82, 2.24) is 20.4 Å². The highest BCUT2D eigenvalue weighted by Crippen LogP contribution is 2.26. The number of hydrogen-bond donors (Lipinski definition) is 3. The molecule has 28 heavy (non-hydrogen) atoms. The van der Waals surface area contributed by atoms with Crippen LogP contribution >= 0.6 is 0 Å². The SMILES string of the molecule is Cc1ccn(CCNC(=O)[C@@H]2C[C@@H](O)[C@H](NC(=O)/C=C/c3ccccc3)C2)n1. The number of aliphatic hydroxyl groups is 1. The molecule has 7 nitrogen and oxygen atoms in total. The van der Waals surface area contributed by atoms with Crippen LogP contribution in [0.25, 0.3) is 6.08 Å². The Morgan fingerprint density at radius 2 is 2.04 bits per heavy atom. The average molecular weight is 382 g/mol. The molecule has 3 N–H and O–H groups in total. The summed E-state index contributed by atoms with van der Waals surface area (Å²) in [6.07, 6.45) is 5.09. The highest BCUT2D eigenvalue weighted by atomic mass is 16.3. The van der Waals surface area contributed by atoms with E-state index in [0.717, 1.165) is 11.3 Å². The van der Waals surface area contributed by atoms with Gasteiger partial charge in [0.15, 0.2) is 0 Å². The molecule has 1 saturated carbocycles. The van der Waals surface area contributed by atoms with E-state index in [-0.39, 0.29) is 17.7 Å². The van der Waals surface area contributed by atoms with Crippen LogP contribution in [0.1, 0.15) is 24.1 Å². The predicted molar refractivity (Wildman–Crippen MR) is 106 cm³/mol. The summed E-state index contributed by atoms with van der Waals surface area (Å²) in [7, 11) is 0. The molecule has 1 aliphatic rings.